The Morgan fingerprint density at radius 2 is 2.10 bits per heavy atom. The second-order valence-electron chi connectivity index (χ2n) is 5.22. The minimum absolute atomic E-state index is 0.350. The molecule has 0 saturated carbocycles. The standard InChI is InChI=1S/C15H19N3O2/c16-13(15(19)20-18-7-3-4-8-18)9-11-10-17-14-6-2-1-5-12(11)14/h1-2,5-6,10,13,17H,3-4,7-9,16H2/t13-/m0/s1. The van der Waals surface area contributed by atoms with Crippen LogP contribution in [0.2, 0.25) is 0 Å². The Labute approximate surface area is 117 Å². The summed E-state index contributed by atoms with van der Waals surface area (Å²) in [5.74, 6) is -0.350. The molecule has 1 saturated heterocycles. The lowest BCUT2D eigenvalue weighted by atomic mass is 10.1. The van der Waals surface area contributed by atoms with Gasteiger partial charge in [0.25, 0.3) is 0 Å². The number of fused-ring (bicyclic) bond motifs is 1. The molecule has 1 aromatic carbocycles. The molecule has 3 N–H and O–H groups in total. The van der Waals surface area contributed by atoms with Crippen molar-refractivity contribution in [2.45, 2.75) is 25.3 Å². The quantitative estimate of drug-likeness (QED) is 0.887. The number of para-hydroxylation sites is 1. The molecule has 106 valence electrons. The average Bonchev–Trinajstić information content (AvgIpc) is 3.09. The highest BCUT2D eigenvalue weighted by Gasteiger charge is 2.22. The summed E-state index contributed by atoms with van der Waals surface area (Å²) in [6.45, 7) is 1.62. The van der Waals surface area contributed by atoms with E-state index in [4.69, 9.17) is 10.6 Å². The lowest BCUT2D eigenvalue weighted by Gasteiger charge is -2.17. The molecule has 0 bridgehead atoms. The SMILES string of the molecule is N[C@@H](Cc1c[nH]c2ccccc12)C(=O)ON1CCCC1. The molecule has 2 aromatic rings. The minimum Gasteiger partial charge on any atom is -0.366 e. The van der Waals surface area contributed by atoms with Gasteiger partial charge in [-0.15, -0.1) is 5.06 Å². The number of hydrogen-bond acceptors (Lipinski definition) is 4. The Balaban J connectivity index is 1.65. The Bertz CT molecular complexity index is 602. The zero-order chi connectivity index (χ0) is 13.9. The van der Waals surface area contributed by atoms with E-state index in [1.165, 1.54) is 0 Å². The van der Waals surface area contributed by atoms with Crippen molar-refractivity contribution in [3.63, 3.8) is 0 Å². The normalized spacial score (nSPS) is 17.4. The molecular weight excluding hydrogens is 254 g/mol. The molecule has 5 nitrogen and oxygen atoms in total. The number of hydrogen-bond donors (Lipinski definition) is 2. The van der Waals surface area contributed by atoms with E-state index in [1.807, 2.05) is 30.5 Å². The Hall–Kier alpha value is -1.85. The summed E-state index contributed by atoms with van der Waals surface area (Å²) in [4.78, 5) is 20.4. The number of rotatable bonds is 4. The van der Waals surface area contributed by atoms with Gasteiger partial charge in [-0.05, 0) is 24.5 Å². The van der Waals surface area contributed by atoms with Gasteiger partial charge in [0, 0.05) is 36.6 Å². The van der Waals surface area contributed by atoms with Crippen molar-refractivity contribution < 1.29 is 9.63 Å². The number of H-pyrrole nitrogens is 1. The lowest BCUT2D eigenvalue weighted by Crippen LogP contribution is -2.38. The van der Waals surface area contributed by atoms with Gasteiger partial charge in [0.15, 0.2) is 0 Å². The van der Waals surface area contributed by atoms with E-state index in [9.17, 15) is 4.79 Å². The molecule has 1 fully saturated rings. The molecule has 3 rings (SSSR count). The van der Waals surface area contributed by atoms with E-state index in [-0.39, 0.29) is 5.97 Å². The fourth-order valence-electron chi connectivity index (χ4n) is 2.60. The number of carbonyl (C=O) groups excluding carboxylic acids is 1. The average molecular weight is 273 g/mol. The van der Waals surface area contributed by atoms with Gasteiger partial charge < -0.3 is 15.6 Å². The van der Waals surface area contributed by atoms with Crippen LogP contribution in [-0.4, -0.2) is 35.1 Å². The van der Waals surface area contributed by atoms with Crippen LogP contribution in [0.15, 0.2) is 30.5 Å². The van der Waals surface area contributed by atoms with Gasteiger partial charge in [-0.1, -0.05) is 18.2 Å². The predicted molar refractivity (Wildman–Crippen MR) is 76.9 cm³/mol. The highest BCUT2D eigenvalue weighted by atomic mass is 16.7. The van der Waals surface area contributed by atoms with E-state index < -0.39 is 6.04 Å². The van der Waals surface area contributed by atoms with Crippen LogP contribution in [0.25, 0.3) is 10.9 Å². The maximum absolute atomic E-state index is 12.0. The van der Waals surface area contributed by atoms with Gasteiger partial charge in [0.1, 0.15) is 6.04 Å². The Kier molecular flexibility index (Phi) is 3.71. The predicted octanol–water partition coefficient (Wildman–Crippen LogP) is 1.59. The first-order valence-corrected chi connectivity index (χ1v) is 7.01. The third-order valence-electron chi connectivity index (χ3n) is 3.70. The molecule has 2 heterocycles. The van der Waals surface area contributed by atoms with Crippen molar-refractivity contribution in [3.8, 4) is 0 Å². The first-order chi connectivity index (χ1) is 9.74. The molecule has 1 aliphatic heterocycles. The number of nitrogens with one attached hydrogen (secondary N) is 1. The lowest BCUT2D eigenvalue weighted by molar-refractivity contribution is -0.186. The fraction of sp³-hybridized carbons (Fsp3) is 0.400. The number of nitrogens with zero attached hydrogens (tertiary/aromatic N) is 1. The highest BCUT2D eigenvalue weighted by molar-refractivity contribution is 5.84. The van der Waals surface area contributed by atoms with Gasteiger partial charge in [-0.3, -0.25) is 0 Å². The third-order valence-corrected chi connectivity index (χ3v) is 3.70. The van der Waals surface area contributed by atoms with E-state index in [1.54, 1.807) is 5.06 Å². The number of hydroxylamine groups is 2. The maximum atomic E-state index is 12.0. The summed E-state index contributed by atoms with van der Waals surface area (Å²) in [6, 6.07) is 7.36. The van der Waals surface area contributed by atoms with Crippen LogP contribution >= 0.6 is 0 Å². The van der Waals surface area contributed by atoms with Crippen molar-refractivity contribution in [1.82, 2.24) is 10.0 Å². The van der Waals surface area contributed by atoms with Crippen molar-refractivity contribution in [3.05, 3.63) is 36.0 Å². The van der Waals surface area contributed by atoms with Crippen molar-refractivity contribution in [1.29, 1.82) is 0 Å². The third kappa shape index (κ3) is 2.69. The van der Waals surface area contributed by atoms with Gasteiger partial charge >= 0.3 is 5.97 Å². The molecule has 0 aliphatic carbocycles. The van der Waals surface area contributed by atoms with Crippen LogP contribution < -0.4 is 5.73 Å². The van der Waals surface area contributed by atoms with Crippen LogP contribution in [0.3, 0.4) is 0 Å². The molecule has 1 aliphatic rings. The van der Waals surface area contributed by atoms with Crippen LogP contribution in [0.1, 0.15) is 18.4 Å². The highest BCUT2D eigenvalue weighted by Crippen LogP contribution is 2.19. The summed E-state index contributed by atoms with van der Waals surface area (Å²) >= 11 is 0. The largest absolute Gasteiger partial charge is 0.366 e. The summed E-state index contributed by atoms with van der Waals surface area (Å²) in [5.41, 5.74) is 8.07. The smallest absolute Gasteiger partial charge is 0.342 e. The van der Waals surface area contributed by atoms with E-state index in [0.717, 1.165) is 42.4 Å². The van der Waals surface area contributed by atoms with Gasteiger partial charge in [-0.2, -0.15) is 0 Å². The topological polar surface area (TPSA) is 71.3 Å². The van der Waals surface area contributed by atoms with Crippen LogP contribution in [0.5, 0.6) is 0 Å². The van der Waals surface area contributed by atoms with Gasteiger partial charge in [-0.25, -0.2) is 4.79 Å². The molecule has 5 heteroatoms. The summed E-state index contributed by atoms with van der Waals surface area (Å²) < 4.78 is 0. The Morgan fingerprint density at radius 3 is 2.90 bits per heavy atom. The molecule has 0 spiro atoms. The number of nitrogens with two attached hydrogens (primary N) is 1. The summed E-state index contributed by atoms with van der Waals surface area (Å²) in [5, 5.41) is 2.81. The minimum atomic E-state index is -0.630. The van der Waals surface area contributed by atoms with Crippen molar-refractivity contribution in [2.24, 2.45) is 5.73 Å². The molecular formula is C15H19N3O2. The molecule has 0 amide bonds. The van der Waals surface area contributed by atoms with E-state index in [2.05, 4.69) is 4.98 Å². The maximum Gasteiger partial charge on any atom is 0.342 e. The molecule has 20 heavy (non-hydrogen) atoms. The van der Waals surface area contributed by atoms with E-state index in [0.29, 0.717) is 6.42 Å². The summed E-state index contributed by atoms with van der Waals surface area (Å²) in [7, 11) is 0. The molecule has 0 unspecified atom stereocenters. The van der Waals surface area contributed by atoms with Gasteiger partial charge in [0.2, 0.25) is 0 Å². The number of carbonyl (C=O) groups is 1. The Morgan fingerprint density at radius 1 is 1.35 bits per heavy atom. The molecule has 1 atom stereocenters. The van der Waals surface area contributed by atoms with Crippen molar-refractivity contribution in [2.75, 3.05) is 13.1 Å². The second kappa shape index (κ2) is 5.64. The van der Waals surface area contributed by atoms with Crippen molar-refractivity contribution >= 4 is 16.9 Å². The molecule has 1 aromatic heterocycles. The molecule has 0 radical (unpaired) electrons. The summed E-state index contributed by atoms with van der Waals surface area (Å²) in [6.07, 6.45) is 4.54. The first kappa shape index (κ1) is 13.1. The second-order valence-corrected chi connectivity index (χ2v) is 5.22. The van der Waals surface area contributed by atoms with Crippen LogP contribution in [0.4, 0.5) is 0 Å². The zero-order valence-electron chi connectivity index (χ0n) is 11.3. The first-order valence-electron chi connectivity index (χ1n) is 7.01. The number of aromatic nitrogens is 1. The van der Waals surface area contributed by atoms with E-state index >= 15 is 0 Å². The number of aromatic amines is 1. The number of benzene rings is 1. The van der Waals surface area contributed by atoms with Crippen LogP contribution in [0, 0.1) is 0 Å². The van der Waals surface area contributed by atoms with Gasteiger partial charge in [0.05, 0.1) is 0 Å². The fourth-order valence-corrected chi connectivity index (χ4v) is 2.60. The zero-order valence-corrected chi connectivity index (χ0v) is 11.3. The van der Waals surface area contributed by atoms with Crippen LogP contribution in [-0.2, 0) is 16.1 Å². The monoisotopic (exact) mass is 273 g/mol.